The van der Waals surface area contributed by atoms with Gasteiger partial charge in [0.2, 0.25) is 11.9 Å². The molecule has 5 heterocycles. The van der Waals surface area contributed by atoms with Crippen LogP contribution in [0.1, 0.15) is 22.8 Å². The fourth-order valence-corrected chi connectivity index (χ4v) is 5.26. The minimum absolute atomic E-state index is 0.00388. The molecule has 0 unspecified atom stereocenters. The van der Waals surface area contributed by atoms with Gasteiger partial charge in [0, 0.05) is 30.2 Å². The first-order valence-electron chi connectivity index (χ1n) is 15.7. The van der Waals surface area contributed by atoms with Crippen molar-refractivity contribution in [3.8, 4) is 5.75 Å². The van der Waals surface area contributed by atoms with Gasteiger partial charge in [-0.25, -0.2) is 0 Å². The molecule has 0 aliphatic rings. The number of phenolic OH excluding ortho intramolecular Hbond substituents is 1. The molecule has 0 saturated carbocycles. The second-order valence-electron chi connectivity index (χ2n) is 11.1. The standard InChI is InChI=1S/C37H31N11O/c49-33-18-17-27-11-1-2-16-32(27)34(33)45-46-35-42-36(47(23-28-12-3-7-19-38-28)24-29-13-4-8-20-39-29)44-37(43-35)48(25-30-14-5-9-21-40-30)26-31-15-6-10-22-41-31/h1-22,49H,23-26H2/b46-45+. The van der Waals surface area contributed by atoms with Crippen LogP contribution in [0.25, 0.3) is 10.8 Å². The summed E-state index contributed by atoms with van der Waals surface area (Å²) >= 11 is 0. The fourth-order valence-electron chi connectivity index (χ4n) is 5.26. The molecule has 0 saturated heterocycles. The van der Waals surface area contributed by atoms with Crippen molar-refractivity contribution in [3.63, 3.8) is 0 Å². The maximum atomic E-state index is 10.8. The van der Waals surface area contributed by atoms with Gasteiger partial charge in [-0.3, -0.25) is 19.9 Å². The summed E-state index contributed by atoms with van der Waals surface area (Å²) in [5.74, 6) is 0.760. The van der Waals surface area contributed by atoms with E-state index in [-0.39, 0.29) is 11.7 Å². The second kappa shape index (κ2) is 14.8. The molecule has 12 heteroatoms. The molecule has 0 radical (unpaired) electrons. The lowest BCUT2D eigenvalue weighted by Crippen LogP contribution is -2.29. The first-order chi connectivity index (χ1) is 24.2. The van der Waals surface area contributed by atoms with Crippen molar-refractivity contribution in [2.45, 2.75) is 26.2 Å². The SMILES string of the molecule is Oc1ccc2ccccc2c1/N=N/c1nc(N(Cc2ccccn2)Cc2ccccn2)nc(N(Cc2ccccn2)Cc2ccccn2)n1. The van der Waals surface area contributed by atoms with Crippen LogP contribution < -0.4 is 9.80 Å². The van der Waals surface area contributed by atoms with E-state index in [2.05, 4.69) is 30.2 Å². The highest BCUT2D eigenvalue weighted by molar-refractivity contribution is 5.95. The Balaban J connectivity index is 1.36. The summed E-state index contributed by atoms with van der Waals surface area (Å²) in [6, 6.07) is 34.2. The third-order valence-corrected chi connectivity index (χ3v) is 7.60. The maximum Gasteiger partial charge on any atom is 0.275 e. The Labute approximate surface area is 282 Å². The van der Waals surface area contributed by atoms with Gasteiger partial charge in [0.25, 0.3) is 5.95 Å². The van der Waals surface area contributed by atoms with Crippen LogP contribution in [0.2, 0.25) is 0 Å². The molecule has 0 fully saturated rings. The van der Waals surface area contributed by atoms with Crippen LogP contribution in [-0.2, 0) is 26.2 Å². The number of hydrogen-bond acceptors (Lipinski definition) is 12. The average molecular weight is 646 g/mol. The normalized spacial score (nSPS) is 11.2. The van der Waals surface area contributed by atoms with Gasteiger partial charge in [-0.15, -0.1) is 10.2 Å². The van der Waals surface area contributed by atoms with Gasteiger partial charge in [-0.05, 0) is 60.0 Å². The molecule has 1 N–H and O–H groups in total. The smallest absolute Gasteiger partial charge is 0.275 e. The number of fused-ring (bicyclic) bond motifs is 1. The summed E-state index contributed by atoms with van der Waals surface area (Å²) in [6.45, 7) is 1.56. The highest BCUT2D eigenvalue weighted by atomic mass is 16.3. The van der Waals surface area contributed by atoms with Crippen molar-refractivity contribution in [1.82, 2.24) is 34.9 Å². The predicted molar refractivity (Wildman–Crippen MR) is 186 cm³/mol. The van der Waals surface area contributed by atoms with Crippen molar-refractivity contribution in [3.05, 3.63) is 157 Å². The van der Waals surface area contributed by atoms with Gasteiger partial charge in [0.05, 0.1) is 49.0 Å². The number of nitrogens with zero attached hydrogens (tertiary/aromatic N) is 11. The maximum absolute atomic E-state index is 10.8. The number of benzene rings is 2. The van der Waals surface area contributed by atoms with Crippen molar-refractivity contribution < 1.29 is 5.11 Å². The summed E-state index contributed by atoms with van der Waals surface area (Å²) in [4.78, 5) is 36.8. The van der Waals surface area contributed by atoms with E-state index in [0.29, 0.717) is 43.8 Å². The topological polar surface area (TPSA) is 142 Å². The van der Waals surface area contributed by atoms with Gasteiger partial charge >= 0.3 is 0 Å². The van der Waals surface area contributed by atoms with E-state index < -0.39 is 0 Å². The molecule has 0 spiro atoms. The van der Waals surface area contributed by atoms with Crippen LogP contribution in [0, 0.1) is 0 Å². The Bertz CT molecular complexity index is 1960. The molecule has 12 nitrogen and oxygen atoms in total. The number of rotatable bonds is 12. The van der Waals surface area contributed by atoms with Crippen LogP contribution in [-0.4, -0.2) is 40.0 Å². The number of phenols is 1. The van der Waals surface area contributed by atoms with Crippen LogP contribution in [0.3, 0.4) is 0 Å². The molecule has 7 rings (SSSR count). The van der Waals surface area contributed by atoms with E-state index >= 15 is 0 Å². The van der Waals surface area contributed by atoms with Crippen molar-refractivity contribution in [2.24, 2.45) is 10.2 Å². The lowest BCUT2D eigenvalue weighted by Gasteiger charge is -2.26. The molecule has 7 aromatic rings. The van der Waals surface area contributed by atoms with E-state index in [0.717, 1.165) is 33.5 Å². The minimum Gasteiger partial charge on any atom is -0.506 e. The summed E-state index contributed by atoms with van der Waals surface area (Å²) in [5.41, 5.74) is 3.61. The highest BCUT2D eigenvalue weighted by Gasteiger charge is 2.21. The lowest BCUT2D eigenvalue weighted by molar-refractivity contribution is 0.477. The molecule has 0 amide bonds. The van der Waals surface area contributed by atoms with Crippen LogP contribution in [0.5, 0.6) is 5.75 Å². The molecule has 240 valence electrons. The Morgan fingerprint density at radius 3 is 1.37 bits per heavy atom. The molecule has 0 bridgehead atoms. The predicted octanol–water partition coefficient (Wildman–Crippen LogP) is 7.14. The third kappa shape index (κ3) is 7.83. The first-order valence-corrected chi connectivity index (χ1v) is 15.7. The highest BCUT2D eigenvalue weighted by Crippen LogP contribution is 2.36. The van der Waals surface area contributed by atoms with E-state index in [1.807, 2.05) is 113 Å². The van der Waals surface area contributed by atoms with E-state index in [4.69, 9.17) is 15.0 Å². The van der Waals surface area contributed by atoms with Gasteiger partial charge in [-0.1, -0.05) is 54.6 Å². The van der Waals surface area contributed by atoms with Crippen LogP contribution in [0.15, 0.2) is 144 Å². The van der Waals surface area contributed by atoms with Gasteiger partial charge in [0.1, 0.15) is 11.4 Å². The number of hydrogen-bond donors (Lipinski definition) is 1. The van der Waals surface area contributed by atoms with Crippen molar-refractivity contribution in [2.75, 3.05) is 9.80 Å². The lowest BCUT2D eigenvalue weighted by atomic mass is 10.1. The molecule has 2 aromatic carbocycles. The van der Waals surface area contributed by atoms with Gasteiger partial charge < -0.3 is 14.9 Å². The van der Waals surface area contributed by atoms with E-state index in [1.165, 1.54) is 0 Å². The quantitative estimate of drug-likeness (QED) is 0.136. The Morgan fingerprint density at radius 2 is 0.918 bits per heavy atom. The summed E-state index contributed by atoms with van der Waals surface area (Å²) in [7, 11) is 0. The van der Waals surface area contributed by atoms with Crippen LogP contribution in [0.4, 0.5) is 23.5 Å². The molecule has 0 atom stereocenters. The fraction of sp³-hybridized carbons (Fsp3) is 0.108. The van der Waals surface area contributed by atoms with Crippen molar-refractivity contribution in [1.29, 1.82) is 0 Å². The zero-order valence-corrected chi connectivity index (χ0v) is 26.4. The molecule has 0 aliphatic carbocycles. The van der Waals surface area contributed by atoms with Gasteiger partial charge in [0.15, 0.2) is 0 Å². The van der Waals surface area contributed by atoms with E-state index in [1.54, 1.807) is 30.9 Å². The molecular weight excluding hydrogens is 614 g/mol. The minimum atomic E-state index is -0.00388. The Morgan fingerprint density at radius 1 is 0.469 bits per heavy atom. The molecular formula is C37H31N11O. The molecule has 0 aliphatic heterocycles. The molecule has 5 aromatic heterocycles. The third-order valence-electron chi connectivity index (χ3n) is 7.60. The molecule has 49 heavy (non-hydrogen) atoms. The Kier molecular flexibility index (Phi) is 9.35. The number of pyridine rings is 4. The average Bonchev–Trinajstić information content (AvgIpc) is 3.15. The Hall–Kier alpha value is -6.69. The monoisotopic (exact) mass is 645 g/mol. The number of anilines is 2. The largest absolute Gasteiger partial charge is 0.506 e. The zero-order valence-electron chi connectivity index (χ0n) is 26.4. The zero-order chi connectivity index (χ0) is 33.3. The number of aromatic nitrogens is 7. The van der Waals surface area contributed by atoms with E-state index in [9.17, 15) is 5.11 Å². The summed E-state index contributed by atoms with van der Waals surface area (Å²) in [5, 5.41) is 21.4. The summed E-state index contributed by atoms with van der Waals surface area (Å²) < 4.78 is 0. The van der Waals surface area contributed by atoms with Crippen molar-refractivity contribution >= 4 is 34.3 Å². The summed E-state index contributed by atoms with van der Waals surface area (Å²) in [6.07, 6.45) is 7.02. The first kappa shape index (κ1) is 30.9. The number of azo groups is 1. The number of aromatic hydroxyl groups is 1. The van der Waals surface area contributed by atoms with Crippen LogP contribution >= 0.6 is 0 Å². The van der Waals surface area contributed by atoms with Gasteiger partial charge in [-0.2, -0.15) is 15.0 Å². The second-order valence-corrected chi connectivity index (χ2v) is 11.1.